The lowest BCUT2D eigenvalue weighted by Crippen LogP contribution is -2.41. The largest absolute Gasteiger partial charge is 0.493 e. The summed E-state index contributed by atoms with van der Waals surface area (Å²) in [5.41, 5.74) is 0.420. The van der Waals surface area contributed by atoms with Crippen LogP contribution in [0, 0.1) is 11.8 Å². The first-order valence-electron chi connectivity index (χ1n) is 7.72. The predicted molar refractivity (Wildman–Crippen MR) is 83.0 cm³/mol. The maximum atomic E-state index is 12.2. The highest BCUT2D eigenvalue weighted by atomic mass is 16.5. The van der Waals surface area contributed by atoms with Gasteiger partial charge in [-0.25, -0.2) is 4.79 Å². The van der Waals surface area contributed by atoms with Crippen molar-refractivity contribution in [3.8, 4) is 5.75 Å². The first-order valence-corrected chi connectivity index (χ1v) is 7.72. The van der Waals surface area contributed by atoms with Gasteiger partial charge >= 0.3 is 5.97 Å². The van der Waals surface area contributed by atoms with Crippen LogP contribution in [-0.2, 0) is 4.79 Å². The highest BCUT2D eigenvalue weighted by Gasteiger charge is 2.30. The van der Waals surface area contributed by atoms with E-state index in [4.69, 9.17) is 4.74 Å². The van der Waals surface area contributed by atoms with Crippen molar-refractivity contribution in [2.24, 2.45) is 11.8 Å². The molecule has 5 nitrogen and oxygen atoms in total. The number of nitrogens with one attached hydrogen (secondary N) is 1. The van der Waals surface area contributed by atoms with Gasteiger partial charge in [-0.1, -0.05) is 32.8 Å². The van der Waals surface area contributed by atoms with Gasteiger partial charge in [0.25, 0.3) is 5.91 Å². The van der Waals surface area contributed by atoms with Gasteiger partial charge < -0.3 is 15.2 Å². The molecule has 1 aromatic carbocycles. The molecule has 120 valence electrons. The van der Waals surface area contributed by atoms with Crippen LogP contribution < -0.4 is 10.1 Å². The van der Waals surface area contributed by atoms with E-state index in [2.05, 4.69) is 5.32 Å². The zero-order valence-corrected chi connectivity index (χ0v) is 13.0. The third-order valence-electron chi connectivity index (χ3n) is 3.55. The Balaban J connectivity index is 1.98. The van der Waals surface area contributed by atoms with E-state index in [9.17, 15) is 14.7 Å². The lowest BCUT2D eigenvalue weighted by atomic mass is 10.1. The van der Waals surface area contributed by atoms with Crippen molar-refractivity contribution in [3.05, 3.63) is 29.8 Å². The zero-order chi connectivity index (χ0) is 16.1. The van der Waals surface area contributed by atoms with Gasteiger partial charge in [0.1, 0.15) is 11.8 Å². The Morgan fingerprint density at radius 1 is 1.36 bits per heavy atom. The Morgan fingerprint density at radius 3 is 2.68 bits per heavy atom. The quantitative estimate of drug-likeness (QED) is 0.774. The van der Waals surface area contributed by atoms with Crippen molar-refractivity contribution < 1.29 is 19.4 Å². The Morgan fingerprint density at radius 2 is 2.09 bits per heavy atom. The molecular weight excluding hydrogens is 282 g/mol. The van der Waals surface area contributed by atoms with Gasteiger partial charge in [-0.05, 0) is 36.5 Å². The minimum absolute atomic E-state index is 0.372. The number of carbonyl (C=O) groups excluding carboxylic acids is 1. The highest BCUT2D eigenvalue weighted by molar-refractivity contribution is 5.96. The summed E-state index contributed by atoms with van der Waals surface area (Å²) in [6.07, 6.45) is 2.61. The molecule has 1 atom stereocenters. The van der Waals surface area contributed by atoms with Gasteiger partial charge in [-0.2, -0.15) is 0 Å². The smallest absolute Gasteiger partial charge is 0.326 e. The number of ether oxygens (including phenoxy) is 1. The molecule has 1 aliphatic rings. The van der Waals surface area contributed by atoms with Crippen molar-refractivity contribution in [2.75, 3.05) is 6.61 Å². The SMILES string of the molecule is CC(C)COc1cccc(C(=O)NC(CC2CC2)C(=O)O)c1. The van der Waals surface area contributed by atoms with E-state index < -0.39 is 12.0 Å². The highest BCUT2D eigenvalue weighted by Crippen LogP contribution is 2.33. The van der Waals surface area contributed by atoms with Crippen LogP contribution in [0.3, 0.4) is 0 Å². The number of benzene rings is 1. The second kappa shape index (κ2) is 7.29. The van der Waals surface area contributed by atoms with Gasteiger partial charge in [-0.3, -0.25) is 4.79 Å². The van der Waals surface area contributed by atoms with E-state index in [1.807, 2.05) is 13.8 Å². The number of hydrogen-bond acceptors (Lipinski definition) is 3. The molecule has 1 aliphatic carbocycles. The maximum absolute atomic E-state index is 12.2. The molecular formula is C17H23NO4. The third-order valence-corrected chi connectivity index (χ3v) is 3.55. The van der Waals surface area contributed by atoms with Crippen LogP contribution in [0.25, 0.3) is 0 Å². The van der Waals surface area contributed by atoms with E-state index in [1.54, 1.807) is 24.3 Å². The van der Waals surface area contributed by atoms with Crippen LogP contribution in [0.5, 0.6) is 5.75 Å². The Hall–Kier alpha value is -2.04. The lowest BCUT2D eigenvalue weighted by molar-refractivity contribution is -0.139. The van der Waals surface area contributed by atoms with Crippen LogP contribution in [0.4, 0.5) is 0 Å². The van der Waals surface area contributed by atoms with E-state index >= 15 is 0 Å². The molecule has 1 aromatic rings. The van der Waals surface area contributed by atoms with Gasteiger partial charge in [0.2, 0.25) is 0 Å². The average molecular weight is 305 g/mol. The van der Waals surface area contributed by atoms with E-state index in [0.717, 1.165) is 12.8 Å². The topological polar surface area (TPSA) is 75.6 Å². The number of carbonyl (C=O) groups is 2. The molecule has 1 amide bonds. The maximum Gasteiger partial charge on any atom is 0.326 e. The summed E-state index contributed by atoms with van der Waals surface area (Å²) >= 11 is 0. The Labute approximate surface area is 130 Å². The summed E-state index contributed by atoms with van der Waals surface area (Å²) in [4.78, 5) is 23.5. The molecule has 0 heterocycles. The molecule has 22 heavy (non-hydrogen) atoms. The van der Waals surface area contributed by atoms with Crippen LogP contribution in [0.15, 0.2) is 24.3 Å². The average Bonchev–Trinajstić information content (AvgIpc) is 3.28. The predicted octanol–water partition coefficient (Wildman–Crippen LogP) is 2.70. The van der Waals surface area contributed by atoms with Crippen LogP contribution in [0.2, 0.25) is 0 Å². The molecule has 2 rings (SSSR count). The van der Waals surface area contributed by atoms with Crippen molar-refractivity contribution in [3.63, 3.8) is 0 Å². The Bertz CT molecular complexity index is 537. The van der Waals surface area contributed by atoms with Gasteiger partial charge in [0.15, 0.2) is 0 Å². The Kier molecular flexibility index (Phi) is 5.41. The zero-order valence-electron chi connectivity index (χ0n) is 13.0. The van der Waals surface area contributed by atoms with Crippen molar-refractivity contribution in [1.82, 2.24) is 5.32 Å². The van der Waals surface area contributed by atoms with Gasteiger partial charge in [-0.15, -0.1) is 0 Å². The van der Waals surface area contributed by atoms with Gasteiger partial charge in [0.05, 0.1) is 6.61 Å². The van der Waals surface area contributed by atoms with Crippen LogP contribution >= 0.6 is 0 Å². The number of aliphatic carboxylic acids is 1. The molecule has 0 spiro atoms. The summed E-state index contributed by atoms with van der Waals surface area (Å²) in [5.74, 6) is 0.0976. The summed E-state index contributed by atoms with van der Waals surface area (Å²) in [6.45, 7) is 4.67. The molecule has 0 aromatic heterocycles. The molecule has 5 heteroatoms. The van der Waals surface area contributed by atoms with Crippen LogP contribution in [-0.4, -0.2) is 29.6 Å². The normalized spacial score (nSPS) is 15.4. The molecule has 2 N–H and O–H groups in total. The summed E-state index contributed by atoms with van der Waals surface area (Å²) in [6, 6.07) is 6.01. The molecule has 0 radical (unpaired) electrons. The minimum Gasteiger partial charge on any atom is -0.493 e. The van der Waals surface area contributed by atoms with Crippen molar-refractivity contribution in [1.29, 1.82) is 0 Å². The fourth-order valence-corrected chi connectivity index (χ4v) is 2.14. The first-order chi connectivity index (χ1) is 10.5. The van der Waals surface area contributed by atoms with Crippen LogP contribution in [0.1, 0.15) is 43.5 Å². The number of hydrogen-bond donors (Lipinski definition) is 2. The summed E-state index contributed by atoms with van der Waals surface area (Å²) in [5, 5.41) is 11.8. The van der Waals surface area contributed by atoms with E-state index in [-0.39, 0.29) is 5.91 Å². The number of carboxylic acids is 1. The monoisotopic (exact) mass is 305 g/mol. The third kappa shape index (κ3) is 5.06. The molecule has 1 unspecified atom stereocenters. The first kappa shape index (κ1) is 16.3. The summed E-state index contributed by atoms with van der Waals surface area (Å²) in [7, 11) is 0. The summed E-state index contributed by atoms with van der Waals surface area (Å²) < 4.78 is 5.59. The number of carboxylic acid groups (broad SMARTS) is 1. The second-order valence-corrected chi connectivity index (χ2v) is 6.28. The van der Waals surface area contributed by atoms with Gasteiger partial charge in [0, 0.05) is 5.56 Å². The number of amides is 1. The van der Waals surface area contributed by atoms with Crippen molar-refractivity contribution in [2.45, 2.75) is 39.2 Å². The van der Waals surface area contributed by atoms with Crippen molar-refractivity contribution >= 4 is 11.9 Å². The molecule has 1 fully saturated rings. The fourth-order valence-electron chi connectivity index (χ4n) is 2.14. The van der Waals surface area contributed by atoms with E-state index in [1.165, 1.54) is 0 Å². The molecule has 0 bridgehead atoms. The second-order valence-electron chi connectivity index (χ2n) is 6.28. The fraction of sp³-hybridized carbons (Fsp3) is 0.529. The molecule has 1 saturated carbocycles. The molecule has 0 aliphatic heterocycles. The minimum atomic E-state index is -0.979. The number of rotatable bonds is 8. The molecule has 0 saturated heterocycles. The lowest BCUT2D eigenvalue weighted by Gasteiger charge is -2.15. The van der Waals surface area contributed by atoms with E-state index in [0.29, 0.717) is 36.2 Å². The standard InChI is InChI=1S/C17H23NO4/c1-11(2)10-22-14-5-3-4-13(9-14)16(19)18-15(17(20)21)8-12-6-7-12/h3-5,9,11-12,15H,6-8,10H2,1-2H3,(H,18,19)(H,20,21).